The van der Waals surface area contributed by atoms with Gasteiger partial charge >= 0.3 is 0 Å². The lowest BCUT2D eigenvalue weighted by Crippen LogP contribution is -2.41. The molecule has 1 heterocycles. The molecule has 0 spiro atoms. The van der Waals surface area contributed by atoms with E-state index in [2.05, 4.69) is 9.71 Å². The van der Waals surface area contributed by atoms with Crippen molar-refractivity contribution in [3.05, 3.63) is 29.8 Å². The summed E-state index contributed by atoms with van der Waals surface area (Å²) in [6, 6.07) is 4.31. The van der Waals surface area contributed by atoms with Gasteiger partial charge in [0.15, 0.2) is 0 Å². The van der Waals surface area contributed by atoms with Crippen molar-refractivity contribution in [1.29, 1.82) is 5.26 Å². The molecule has 98 valence electrons. The summed E-state index contributed by atoms with van der Waals surface area (Å²) in [5, 5.41) is 8.78. The van der Waals surface area contributed by atoms with Crippen molar-refractivity contribution in [3.8, 4) is 6.07 Å². The van der Waals surface area contributed by atoms with E-state index in [4.69, 9.17) is 5.26 Å². The van der Waals surface area contributed by atoms with Gasteiger partial charge in [-0.15, -0.1) is 4.72 Å². The summed E-state index contributed by atoms with van der Waals surface area (Å²) in [4.78, 5) is 3.91. The molecule has 2 atom stereocenters. The second-order valence-corrected chi connectivity index (χ2v) is 6.81. The van der Waals surface area contributed by atoms with E-state index in [0.717, 1.165) is 6.20 Å². The summed E-state index contributed by atoms with van der Waals surface area (Å²) < 4.78 is 27.2. The zero-order valence-electron chi connectivity index (χ0n) is 10.6. The summed E-state index contributed by atoms with van der Waals surface area (Å²) >= 11 is -1.31. The van der Waals surface area contributed by atoms with Gasteiger partial charge in [0, 0.05) is 11.4 Å². The number of rotatable bonds is 4. The largest absolute Gasteiger partial charge is 0.598 e. The van der Waals surface area contributed by atoms with Crippen molar-refractivity contribution in [2.24, 2.45) is 0 Å². The molecule has 6 heteroatoms. The highest BCUT2D eigenvalue weighted by Gasteiger charge is 2.30. The molecular formula is C12H16FN3OS. The first-order valence-electron chi connectivity index (χ1n) is 5.51. The van der Waals surface area contributed by atoms with Crippen LogP contribution in [0.2, 0.25) is 0 Å². The van der Waals surface area contributed by atoms with Crippen molar-refractivity contribution in [2.75, 3.05) is 0 Å². The molecule has 1 aromatic heterocycles. The van der Waals surface area contributed by atoms with E-state index in [-0.39, 0.29) is 6.42 Å². The predicted octanol–water partition coefficient (Wildman–Crippen LogP) is 2.23. The van der Waals surface area contributed by atoms with Gasteiger partial charge in [0.05, 0.1) is 24.4 Å². The molecular weight excluding hydrogens is 253 g/mol. The van der Waals surface area contributed by atoms with Crippen LogP contribution in [0, 0.1) is 17.1 Å². The molecule has 0 saturated carbocycles. The van der Waals surface area contributed by atoms with Crippen molar-refractivity contribution < 1.29 is 8.94 Å². The number of nitrogens with one attached hydrogen (secondary N) is 1. The van der Waals surface area contributed by atoms with Crippen LogP contribution in [-0.4, -0.2) is 14.3 Å². The average Bonchev–Trinajstić information content (AvgIpc) is 2.28. The second-order valence-electron chi connectivity index (χ2n) is 4.82. The number of aromatic nitrogens is 1. The van der Waals surface area contributed by atoms with Gasteiger partial charge in [-0.2, -0.15) is 5.26 Å². The second kappa shape index (κ2) is 6.14. The molecule has 0 fully saturated rings. The van der Waals surface area contributed by atoms with Crippen LogP contribution in [0.3, 0.4) is 0 Å². The maximum atomic E-state index is 12.8. The predicted molar refractivity (Wildman–Crippen MR) is 68.2 cm³/mol. The lowest BCUT2D eigenvalue weighted by Gasteiger charge is -2.26. The molecule has 0 aliphatic rings. The van der Waals surface area contributed by atoms with Crippen LogP contribution in [0.5, 0.6) is 0 Å². The van der Waals surface area contributed by atoms with E-state index in [0.29, 0.717) is 5.69 Å². The molecule has 0 saturated heterocycles. The van der Waals surface area contributed by atoms with E-state index in [1.54, 1.807) is 0 Å². The van der Waals surface area contributed by atoms with Crippen LogP contribution >= 0.6 is 0 Å². The Morgan fingerprint density at radius 3 is 2.67 bits per heavy atom. The molecule has 1 aromatic rings. The molecule has 0 aliphatic heterocycles. The highest BCUT2D eigenvalue weighted by atomic mass is 32.2. The Kier molecular flexibility index (Phi) is 5.08. The number of hydrogen-bond acceptors (Lipinski definition) is 4. The first kappa shape index (κ1) is 14.9. The van der Waals surface area contributed by atoms with Crippen LogP contribution in [0.15, 0.2) is 18.3 Å². The third-order valence-corrected chi connectivity index (χ3v) is 3.82. The van der Waals surface area contributed by atoms with E-state index in [1.807, 2.05) is 26.8 Å². The Morgan fingerprint density at radius 1 is 1.56 bits per heavy atom. The number of nitrogens with zero attached hydrogens (tertiary/aromatic N) is 2. The van der Waals surface area contributed by atoms with Gasteiger partial charge in [0.1, 0.15) is 16.6 Å². The lowest BCUT2D eigenvalue weighted by atomic mass is 10.1. The first-order chi connectivity index (χ1) is 8.34. The average molecular weight is 269 g/mol. The Morgan fingerprint density at radius 2 is 2.22 bits per heavy atom. The minimum Gasteiger partial charge on any atom is -0.598 e. The summed E-state index contributed by atoms with van der Waals surface area (Å²) in [5.74, 6) is -0.439. The standard InChI is InChI=1S/C12H16FN3OS/c1-12(2,3)18(17)16-11(6-7-14)10-5-4-9(13)8-15-10/h4-5,8,11,16H,6H2,1-3H3. The van der Waals surface area contributed by atoms with Crippen molar-refractivity contribution in [2.45, 2.75) is 38.0 Å². The van der Waals surface area contributed by atoms with Crippen molar-refractivity contribution in [1.82, 2.24) is 9.71 Å². The monoisotopic (exact) mass is 269 g/mol. The normalized spacial score (nSPS) is 14.9. The topological polar surface area (TPSA) is 71.8 Å². The minimum atomic E-state index is -1.31. The summed E-state index contributed by atoms with van der Waals surface area (Å²) in [6.07, 6.45) is 1.21. The summed E-state index contributed by atoms with van der Waals surface area (Å²) in [5.41, 5.74) is 0.510. The number of halogens is 1. The molecule has 0 amide bonds. The molecule has 2 unspecified atom stereocenters. The lowest BCUT2D eigenvalue weighted by molar-refractivity contribution is 0.521. The molecule has 0 aromatic carbocycles. The fourth-order valence-electron chi connectivity index (χ4n) is 1.20. The number of hydrogen-bond donors (Lipinski definition) is 1. The molecule has 4 nitrogen and oxygen atoms in total. The third kappa shape index (κ3) is 4.26. The van der Waals surface area contributed by atoms with Gasteiger partial charge in [-0.1, -0.05) is 0 Å². The van der Waals surface area contributed by atoms with Gasteiger partial charge in [0.25, 0.3) is 0 Å². The van der Waals surface area contributed by atoms with Crippen molar-refractivity contribution in [3.63, 3.8) is 0 Å². The highest BCUT2D eigenvalue weighted by molar-refractivity contribution is 7.90. The molecule has 0 bridgehead atoms. The zero-order valence-corrected chi connectivity index (χ0v) is 11.4. The van der Waals surface area contributed by atoms with Gasteiger partial charge in [0.2, 0.25) is 0 Å². The molecule has 1 rings (SSSR count). The maximum Gasteiger partial charge on any atom is 0.141 e. The first-order valence-corrected chi connectivity index (χ1v) is 6.66. The van der Waals surface area contributed by atoms with Crippen LogP contribution in [-0.2, 0) is 11.4 Å². The highest BCUT2D eigenvalue weighted by Crippen LogP contribution is 2.20. The van der Waals surface area contributed by atoms with E-state index < -0.39 is 28.0 Å². The number of pyridine rings is 1. The van der Waals surface area contributed by atoms with Gasteiger partial charge < -0.3 is 4.55 Å². The maximum absolute atomic E-state index is 12.8. The molecule has 0 aliphatic carbocycles. The number of nitriles is 1. The van der Waals surface area contributed by atoms with Gasteiger partial charge in [-0.25, -0.2) is 4.39 Å². The zero-order chi connectivity index (χ0) is 13.8. The minimum absolute atomic E-state index is 0.125. The van der Waals surface area contributed by atoms with E-state index >= 15 is 0 Å². The Bertz CT molecular complexity index is 424. The molecule has 18 heavy (non-hydrogen) atoms. The van der Waals surface area contributed by atoms with Crippen LogP contribution in [0.25, 0.3) is 0 Å². The Balaban J connectivity index is 2.84. The summed E-state index contributed by atoms with van der Waals surface area (Å²) in [7, 11) is 0. The van der Waals surface area contributed by atoms with Crippen LogP contribution in [0.1, 0.15) is 38.9 Å². The fraction of sp³-hybridized carbons (Fsp3) is 0.500. The fourth-order valence-corrected chi connectivity index (χ4v) is 2.01. The van der Waals surface area contributed by atoms with Gasteiger partial charge in [-0.3, -0.25) is 4.98 Å². The SMILES string of the molecule is CC(C)(C)[S+]([O-])NC(CC#N)c1ccc(F)cn1. The summed E-state index contributed by atoms with van der Waals surface area (Å²) in [6.45, 7) is 5.49. The van der Waals surface area contributed by atoms with Crippen LogP contribution in [0.4, 0.5) is 4.39 Å². The van der Waals surface area contributed by atoms with E-state index in [9.17, 15) is 8.94 Å². The van der Waals surface area contributed by atoms with Gasteiger partial charge in [-0.05, 0) is 32.9 Å². The van der Waals surface area contributed by atoms with E-state index in [1.165, 1.54) is 12.1 Å². The third-order valence-electron chi connectivity index (χ3n) is 2.21. The Labute approximate surface area is 110 Å². The van der Waals surface area contributed by atoms with Crippen molar-refractivity contribution >= 4 is 11.4 Å². The molecule has 1 N–H and O–H groups in total. The smallest absolute Gasteiger partial charge is 0.141 e. The Hall–Kier alpha value is -1.16. The van der Waals surface area contributed by atoms with Crippen LogP contribution < -0.4 is 4.72 Å². The molecule has 0 radical (unpaired) electrons. The quantitative estimate of drug-likeness (QED) is 0.851.